The van der Waals surface area contributed by atoms with Crippen molar-refractivity contribution in [3.63, 3.8) is 0 Å². The Bertz CT molecular complexity index is 1190. The van der Waals surface area contributed by atoms with E-state index in [1.54, 1.807) is 0 Å². The van der Waals surface area contributed by atoms with Crippen LogP contribution in [0.2, 0.25) is 0 Å². The summed E-state index contributed by atoms with van der Waals surface area (Å²) >= 11 is 1.85. The Balaban J connectivity index is 1.85. The molecule has 3 aromatic carbocycles. The summed E-state index contributed by atoms with van der Waals surface area (Å²) in [5, 5.41) is 19.4. The molecule has 0 saturated carbocycles. The molecular formula is C25H21BO2S. The highest BCUT2D eigenvalue weighted by atomic mass is 32.1. The summed E-state index contributed by atoms with van der Waals surface area (Å²) in [5.74, 6) is 0. The van der Waals surface area contributed by atoms with Gasteiger partial charge in [-0.25, -0.2) is 0 Å². The van der Waals surface area contributed by atoms with Gasteiger partial charge in [0, 0.05) is 20.7 Å². The first kappa shape index (κ1) is 18.4. The van der Waals surface area contributed by atoms with Crippen LogP contribution in [0.1, 0.15) is 25.0 Å². The first-order valence-corrected chi connectivity index (χ1v) is 10.6. The molecular weight excluding hydrogens is 375 g/mol. The summed E-state index contributed by atoms with van der Waals surface area (Å²) in [6.07, 6.45) is 0. The molecule has 0 aliphatic heterocycles. The molecule has 0 unspecified atom stereocenters. The summed E-state index contributed by atoms with van der Waals surface area (Å²) < 4.78 is 0. The van der Waals surface area contributed by atoms with Crippen molar-refractivity contribution in [2.75, 3.05) is 0 Å². The molecule has 0 radical (unpaired) electrons. The SMILES string of the molecule is CC1(C)c2cc(B(O)O)ccc2-c2c(-c3ccccc3)sc(-c3ccccc3)c21. The predicted octanol–water partition coefficient (Wildman–Crippen LogP) is 5.07. The van der Waals surface area contributed by atoms with Gasteiger partial charge in [-0.1, -0.05) is 92.7 Å². The van der Waals surface area contributed by atoms with Crippen molar-refractivity contribution in [1.29, 1.82) is 0 Å². The first-order chi connectivity index (χ1) is 14.0. The van der Waals surface area contributed by atoms with Crippen molar-refractivity contribution in [3.05, 3.63) is 90.0 Å². The number of rotatable bonds is 3. The van der Waals surface area contributed by atoms with E-state index in [1.165, 1.54) is 37.6 Å². The largest absolute Gasteiger partial charge is 0.488 e. The molecule has 0 amide bonds. The maximum atomic E-state index is 9.72. The van der Waals surface area contributed by atoms with Crippen LogP contribution in [0.15, 0.2) is 78.9 Å². The minimum absolute atomic E-state index is 0.232. The van der Waals surface area contributed by atoms with Gasteiger partial charge in [0.25, 0.3) is 0 Å². The Labute approximate surface area is 175 Å². The van der Waals surface area contributed by atoms with Gasteiger partial charge in [0.05, 0.1) is 0 Å². The second kappa shape index (κ2) is 6.70. The van der Waals surface area contributed by atoms with E-state index in [-0.39, 0.29) is 5.41 Å². The smallest absolute Gasteiger partial charge is 0.423 e. The normalized spacial score (nSPS) is 13.8. The maximum Gasteiger partial charge on any atom is 0.488 e. The summed E-state index contributed by atoms with van der Waals surface area (Å²) in [6.45, 7) is 4.47. The molecule has 0 spiro atoms. The van der Waals surface area contributed by atoms with Gasteiger partial charge < -0.3 is 10.0 Å². The molecule has 0 fully saturated rings. The van der Waals surface area contributed by atoms with Crippen LogP contribution in [0, 0.1) is 0 Å². The molecule has 0 saturated heterocycles. The van der Waals surface area contributed by atoms with Crippen molar-refractivity contribution in [1.82, 2.24) is 0 Å². The van der Waals surface area contributed by atoms with Crippen LogP contribution in [-0.4, -0.2) is 17.2 Å². The van der Waals surface area contributed by atoms with Crippen LogP contribution in [0.4, 0.5) is 0 Å². The number of fused-ring (bicyclic) bond motifs is 3. The lowest BCUT2D eigenvalue weighted by Gasteiger charge is -2.23. The molecule has 29 heavy (non-hydrogen) atoms. The van der Waals surface area contributed by atoms with E-state index in [0.29, 0.717) is 5.46 Å². The summed E-state index contributed by atoms with van der Waals surface area (Å²) in [5.41, 5.74) is 7.68. The van der Waals surface area contributed by atoms with Crippen molar-refractivity contribution in [3.8, 4) is 32.0 Å². The van der Waals surface area contributed by atoms with Gasteiger partial charge in [-0.05, 0) is 33.3 Å². The fourth-order valence-electron chi connectivity index (χ4n) is 4.46. The van der Waals surface area contributed by atoms with E-state index >= 15 is 0 Å². The Morgan fingerprint density at radius 3 is 1.93 bits per heavy atom. The minimum atomic E-state index is -1.46. The molecule has 0 bridgehead atoms. The molecule has 1 aliphatic carbocycles. The Morgan fingerprint density at radius 2 is 1.34 bits per heavy atom. The van der Waals surface area contributed by atoms with E-state index in [0.717, 1.165) is 5.56 Å². The molecule has 4 heteroatoms. The van der Waals surface area contributed by atoms with Crippen molar-refractivity contribution >= 4 is 23.9 Å². The molecule has 142 valence electrons. The van der Waals surface area contributed by atoms with Gasteiger partial charge in [0.2, 0.25) is 0 Å². The van der Waals surface area contributed by atoms with Gasteiger partial charge in [0.15, 0.2) is 0 Å². The van der Waals surface area contributed by atoms with Gasteiger partial charge in [-0.15, -0.1) is 11.3 Å². The molecule has 5 rings (SSSR count). The highest BCUT2D eigenvalue weighted by Gasteiger charge is 2.41. The predicted molar refractivity (Wildman–Crippen MR) is 123 cm³/mol. The summed E-state index contributed by atoms with van der Waals surface area (Å²) in [7, 11) is -1.46. The Hall–Kier alpha value is -2.66. The van der Waals surface area contributed by atoms with Crippen LogP contribution < -0.4 is 5.46 Å². The second-order valence-electron chi connectivity index (χ2n) is 8.05. The maximum absolute atomic E-state index is 9.72. The highest BCUT2D eigenvalue weighted by molar-refractivity contribution is 7.19. The van der Waals surface area contributed by atoms with Crippen LogP contribution in [0.5, 0.6) is 0 Å². The monoisotopic (exact) mass is 396 g/mol. The molecule has 1 aromatic heterocycles. The zero-order valence-corrected chi connectivity index (χ0v) is 17.2. The van der Waals surface area contributed by atoms with Gasteiger partial charge in [-0.2, -0.15) is 0 Å². The zero-order valence-electron chi connectivity index (χ0n) is 16.4. The number of hydrogen-bond donors (Lipinski definition) is 2. The summed E-state index contributed by atoms with van der Waals surface area (Å²) in [4.78, 5) is 2.55. The fraction of sp³-hybridized carbons (Fsp3) is 0.120. The molecule has 2 N–H and O–H groups in total. The molecule has 4 aromatic rings. The van der Waals surface area contributed by atoms with E-state index in [4.69, 9.17) is 0 Å². The van der Waals surface area contributed by atoms with Crippen LogP contribution >= 0.6 is 11.3 Å². The van der Waals surface area contributed by atoms with Crippen molar-refractivity contribution < 1.29 is 10.0 Å². The minimum Gasteiger partial charge on any atom is -0.423 e. The van der Waals surface area contributed by atoms with Gasteiger partial charge >= 0.3 is 7.12 Å². The zero-order chi connectivity index (χ0) is 20.2. The standard InChI is InChI=1S/C25H21BO2S/c1-25(2)20-15-18(26(27)28)13-14-19(20)21-22(25)24(17-11-7-4-8-12-17)29-23(21)16-9-5-3-6-10-16/h3-15,27-28H,1-2H3. The van der Waals surface area contributed by atoms with E-state index in [2.05, 4.69) is 62.4 Å². The third kappa shape index (κ3) is 2.79. The van der Waals surface area contributed by atoms with Gasteiger partial charge in [0.1, 0.15) is 0 Å². The highest BCUT2D eigenvalue weighted by Crippen LogP contribution is 2.59. The summed E-state index contributed by atoms with van der Waals surface area (Å²) in [6, 6.07) is 26.9. The molecule has 0 atom stereocenters. The van der Waals surface area contributed by atoms with Crippen LogP contribution in [-0.2, 0) is 5.41 Å². The van der Waals surface area contributed by atoms with Crippen LogP contribution in [0.25, 0.3) is 32.0 Å². The third-order valence-electron chi connectivity index (χ3n) is 5.89. The number of hydrogen-bond acceptors (Lipinski definition) is 3. The lowest BCUT2D eigenvalue weighted by atomic mass is 9.75. The topological polar surface area (TPSA) is 40.5 Å². The Kier molecular flexibility index (Phi) is 4.25. The van der Waals surface area contributed by atoms with E-state index < -0.39 is 7.12 Å². The second-order valence-corrected chi connectivity index (χ2v) is 9.07. The Morgan fingerprint density at radius 1 is 0.759 bits per heavy atom. The average Bonchev–Trinajstić information content (AvgIpc) is 3.25. The lowest BCUT2D eigenvalue weighted by Crippen LogP contribution is -2.31. The molecule has 2 nitrogen and oxygen atoms in total. The van der Waals surface area contributed by atoms with Crippen LogP contribution in [0.3, 0.4) is 0 Å². The van der Waals surface area contributed by atoms with Crippen molar-refractivity contribution in [2.45, 2.75) is 19.3 Å². The number of thiophene rings is 1. The number of benzene rings is 3. The first-order valence-electron chi connectivity index (χ1n) is 9.77. The molecule has 1 heterocycles. The van der Waals surface area contributed by atoms with Gasteiger partial charge in [-0.3, -0.25) is 0 Å². The quantitative estimate of drug-likeness (QED) is 0.475. The van der Waals surface area contributed by atoms with E-state index in [9.17, 15) is 10.0 Å². The van der Waals surface area contributed by atoms with E-state index in [1.807, 2.05) is 41.7 Å². The van der Waals surface area contributed by atoms with Crippen molar-refractivity contribution in [2.24, 2.45) is 0 Å². The molecule has 1 aliphatic rings. The third-order valence-corrected chi connectivity index (χ3v) is 7.18. The average molecular weight is 396 g/mol. The fourth-order valence-corrected chi connectivity index (χ4v) is 5.95. The lowest BCUT2D eigenvalue weighted by molar-refractivity contribution is 0.425.